The molecule has 2 aliphatic rings. The first-order valence-electron chi connectivity index (χ1n) is 9.04. The molecule has 2 aromatic carbocycles. The van der Waals surface area contributed by atoms with E-state index in [-0.39, 0.29) is 17.5 Å². The Bertz CT molecular complexity index is 1120. The molecule has 1 atom stereocenters. The molecule has 1 aromatic heterocycles. The van der Waals surface area contributed by atoms with Crippen molar-refractivity contribution in [2.45, 2.75) is 25.4 Å². The molecule has 1 saturated heterocycles. The van der Waals surface area contributed by atoms with Gasteiger partial charge in [0.2, 0.25) is 5.91 Å². The molecule has 27 heavy (non-hydrogen) atoms. The summed E-state index contributed by atoms with van der Waals surface area (Å²) in [5.74, 6) is 1.33. The second kappa shape index (κ2) is 6.21. The summed E-state index contributed by atoms with van der Waals surface area (Å²) in [7, 11) is 0. The zero-order chi connectivity index (χ0) is 18.4. The quantitative estimate of drug-likeness (QED) is 0.518. The second-order valence-electron chi connectivity index (χ2n) is 6.88. The van der Waals surface area contributed by atoms with Gasteiger partial charge in [0.1, 0.15) is 17.2 Å². The molecule has 3 N–H and O–H groups in total. The number of hydrogen-bond acceptors (Lipinski definition) is 5. The van der Waals surface area contributed by atoms with Gasteiger partial charge in [-0.05, 0) is 49.2 Å². The van der Waals surface area contributed by atoms with E-state index in [0.717, 1.165) is 30.5 Å². The zero-order valence-electron chi connectivity index (χ0n) is 14.5. The number of carbonyl (C=O) groups excluding carboxylic acids is 1. The van der Waals surface area contributed by atoms with Gasteiger partial charge in [0.05, 0.1) is 16.8 Å². The van der Waals surface area contributed by atoms with Gasteiger partial charge < -0.3 is 15.4 Å². The van der Waals surface area contributed by atoms with Crippen LogP contribution in [0.25, 0.3) is 22.0 Å². The maximum absolute atomic E-state index is 12.2. The number of aromatic amines is 1. The topological polar surface area (TPSA) is 96.1 Å². The SMILES string of the molecule is O=C(NCc1ccc2c(c1)-c1n[nH]c(=O)c3cccc(c13)O2)C1CCCN1. The Morgan fingerprint density at radius 2 is 2.19 bits per heavy atom. The number of carbonyl (C=O) groups is 1. The number of nitrogens with zero attached hydrogens (tertiary/aromatic N) is 1. The Balaban J connectivity index is 1.49. The molecule has 0 bridgehead atoms. The third-order valence-corrected chi connectivity index (χ3v) is 5.14. The highest BCUT2D eigenvalue weighted by atomic mass is 16.5. The fourth-order valence-electron chi connectivity index (χ4n) is 3.77. The lowest BCUT2D eigenvalue weighted by Gasteiger charge is -2.20. The third-order valence-electron chi connectivity index (χ3n) is 5.14. The minimum atomic E-state index is -0.241. The van der Waals surface area contributed by atoms with Crippen molar-refractivity contribution in [1.82, 2.24) is 20.8 Å². The van der Waals surface area contributed by atoms with Gasteiger partial charge in [-0.3, -0.25) is 9.59 Å². The summed E-state index contributed by atoms with van der Waals surface area (Å²) in [4.78, 5) is 24.3. The molecule has 2 aliphatic heterocycles. The minimum Gasteiger partial charge on any atom is -0.456 e. The van der Waals surface area contributed by atoms with E-state index >= 15 is 0 Å². The summed E-state index contributed by atoms with van der Waals surface area (Å²) in [6.45, 7) is 1.32. The lowest BCUT2D eigenvalue weighted by molar-refractivity contribution is -0.122. The first kappa shape index (κ1) is 16.0. The van der Waals surface area contributed by atoms with Crippen LogP contribution in [-0.2, 0) is 11.3 Å². The van der Waals surface area contributed by atoms with Crippen molar-refractivity contribution in [2.24, 2.45) is 0 Å². The molecule has 136 valence electrons. The average Bonchev–Trinajstić information content (AvgIpc) is 3.23. The van der Waals surface area contributed by atoms with E-state index in [1.54, 1.807) is 12.1 Å². The van der Waals surface area contributed by atoms with Gasteiger partial charge >= 0.3 is 0 Å². The smallest absolute Gasteiger partial charge is 0.272 e. The van der Waals surface area contributed by atoms with Crippen molar-refractivity contribution < 1.29 is 9.53 Å². The number of rotatable bonds is 3. The summed E-state index contributed by atoms with van der Waals surface area (Å²) < 4.78 is 5.98. The largest absolute Gasteiger partial charge is 0.456 e. The van der Waals surface area contributed by atoms with E-state index in [9.17, 15) is 9.59 Å². The van der Waals surface area contributed by atoms with Gasteiger partial charge in [0, 0.05) is 12.1 Å². The van der Waals surface area contributed by atoms with Crippen LogP contribution in [0.3, 0.4) is 0 Å². The first-order valence-corrected chi connectivity index (χ1v) is 9.04. The number of benzene rings is 2. The number of hydrogen-bond donors (Lipinski definition) is 3. The highest BCUT2D eigenvalue weighted by Crippen LogP contribution is 2.44. The van der Waals surface area contributed by atoms with E-state index in [1.165, 1.54) is 0 Å². The molecule has 5 rings (SSSR count). The Morgan fingerprint density at radius 3 is 3.04 bits per heavy atom. The van der Waals surface area contributed by atoms with Crippen LogP contribution in [0.4, 0.5) is 0 Å². The monoisotopic (exact) mass is 362 g/mol. The highest BCUT2D eigenvalue weighted by Gasteiger charge is 2.24. The van der Waals surface area contributed by atoms with Crippen LogP contribution in [0.5, 0.6) is 11.5 Å². The fraction of sp³-hybridized carbons (Fsp3) is 0.250. The van der Waals surface area contributed by atoms with Gasteiger partial charge in [-0.15, -0.1) is 0 Å². The van der Waals surface area contributed by atoms with Crippen LogP contribution in [-0.4, -0.2) is 28.7 Å². The maximum atomic E-state index is 12.2. The molecular formula is C20H18N4O3. The Kier molecular flexibility index (Phi) is 3.68. The lowest BCUT2D eigenvalue weighted by atomic mass is 9.99. The molecule has 1 amide bonds. The van der Waals surface area contributed by atoms with E-state index in [4.69, 9.17) is 4.74 Å². The summed E-state index contributed by atoms with van der Waals surface area (Å²) in [6.07, 6.45) is 1.90. The van der Waals surface area contributed by atoms with Gasteiger partial charge in [-0.1, -0.05) is 12.1 Å². The zero-order valence-corrected chi connectivity index (χ0v) is 14.5. The molecule has 3 aromatic rings. The maximum Gasteiger partial charge on any atom is 0.272 e. The number of aromatic nitrogens is 2. The van der Waals surface area contributed by atoms with E-state index in [0.29, 0.717) is 34.5 Å². The number of ether oxygens (including phenoxy) is 1. The summed E-state index contributed by atoms with van der Waals surface area (Å²) in [5, 5.41) is 14.3. The highest BCUT2D eigenvalue weighted by molar-refractivity contribution is 6.01. The average molecular weight is 362 g/mol. The van der Waals surface area contributed by atoms with Crippen molar-refractivity contribution in [3.8, 4) is 22.8 Å². The van der Waals surface area contributed by atoms with Crippen molar-refractivity contribution in [3.63, 3.8) is 0 Å². The van der Waals surface area contributed by atoms with Crippen LogP contribution >= 0.6 is 0 Å². The van der Waals surface area contributed by atoms with E-state index in [2.05, 4.69) is 20.8 Å². The van der Waals surface area contributed by atoms with Gasteiger partial charge in [-0.25, -0.2) is 5.10 Å². The first-order chi connectivity index (χ1) is 13.2. The molecule has 0 saturated carbocycles. The van der Waals surface area contributed by atoms with Crippen molar-refractivity contribution in [3.05, 3.63) is 52.3 Å². The Morgan fingerprint density at radius 1 is 1.26 bits per heavy atom. The Labute approximate surface area is 154 Å². The minimum absolute atomic E-state index is 0.0244. The summed E-state index contributed by atoms with van der Waals surface area (Å²) >= 11 is 0. The predicted molar refractivity (Wildman–Crippen MR) is 101 cm³/mol. The van der Waals surface area contributed by atoms with Gasteiger partial charge in [0.15, 0.2) is 0 Å². The van der Waals surface area contributed by atoms with Crippen LogP contribution in [0.1, 0.15) is 18.4 Å². The lowest BCUT2D eigenvalue weighted by Crippen LogP contribution is -2.40. The van der Waals surface area contributed by atoms with Crippen molar-refractivity contribution in [1.29, 1.82) is 0 Å². The van der Waals surface area contributed by atoms with Crippen molar-refractivity contribution >= 4 is 16.7 Å². The van der Waals surface area contributed by atoms with E-state index in [1.807, 2.05) is 24.3 Å². The summed E-state index contributed by atoms with van der Waals surface area (Å²) in [6, 6.07) is 11.0. The van der Waals surface area contributed by atoms with Crippen LogP contribution < -0.4 is 20.9 Å². The third kappa shape index (κ3) is 2.67. The standard InChI is InChI=1S/C20H18N4O3/c25-19-12-3-1-5-16-17(12)18(23-24-19)13-9-11(6-7-15(13)27-16)10-22-20(26)14-4-2-8-21-14/h1,3,5-7,9,14,21H,2,4,8,10H2,(H,22,26)(H,24,25). The molecule has 3 heterocycles. The van der Waals surface area contributed by atoms with Crippen molar-refractivity contribution in [2.75, 3.05) is 6.54 Å². The number of H-pyrrole nitrogens is 1. The summed E-state index contributed by atoms with van der Waals surface area (Å²) in [5.41, 5.74) is 2.20. The Hall–Kier alpha value is -3.19. The molecule has 0 aliphatic carbocycles. The molecule has 1 unspecified atom stereocenters. The van der Waals surface area contributed by atoms with Crippen LogP contribution in [0.2, 0.25) is 0 Å². The molecule has 1 fully saturated rings. The number of nitrogens with one attached hydrogen (secondary N) is 3. The van der Waals surface area contributed by atoms with E-state index < -0.39 is 0 Å². The molecule has 0 spiro atoms. The molecular weight excluding hydrogens is 344 g/mol. The van der Waals surface area contributed by atoms with Gasteiger partial charge in [0.25, 0.3) is 5.56 Å². The molecule has 7 heteroatoms. The number of amides is 1. The normalized spacial score (nSPS) is 17.4. The predicted octanol–water partition coefficient (Wildman–Crippen LogP) is 2.06. The number of fused-ring (bicyclic) bond motifs is 2. The molecule has 7 nitrogen and oxygen atoms in total. The molecule has 0 radical (unpaired) electrons. The fourth-order valence-corrected chi connectivity index (χ4v) is 3.77. The van der Waals surface area contributed by atoms with Crippen LogP contribution in [0.15, 0.2) is 41.2 Å². The van der Waals surface area contributed by atoms with Crippen LogP contribution in [0, 0.1) is 0 Å². The second-order valence-corrected chi connectivity index (χ2v) is 6.88. The van der Waals surface area contributed by atoms with Gasteiger partial charge in [-0.2, -0.15) is 5.10 Å².